The molecule has 16 aromatic carbocycles. The lowest BCUT2D eigenvalue weighted by Gasteiger charge is -2.41. The zero-order valence-corrected chi connectivity index (χ0v) is 58.2. The van der Waals surface area contributed by atoms with Gasteiger partial charge < -0.3 is 8.97 Å². The molecule has 102 heavy (non-hydrogen) atoms. The van der Waals surface area contributed by atoms with Crippen molar-refractivity contribution in [1.82, 2.24) is 9.80 Å². The van der Waals surface area contributed by atoms with Crippen molar-refractivity contribution in [2.24, 2.45) is 0 Å². The highest BCUT2D eigenvalue weighted by Crippen LogP contribution is 2.49. The normalized spacial score (nSPS) is 15.4. The summed E-state index contributed by atoms with van der Waals surface area (Å²) in [4.78, 5) is 5.60. The van der Waals surface area contributed by atoms with Gasteiger partial charge in [0.15, 0.2) is 0 Å². The molecule has 4 nitrogen and oxygen atoms in total. The molecule has 0 fully saturated rings. The molecule has 0 saturated carbocycles. The largest absolute Gasteiger partial charge is 0.316 e. The third-order valence-electron chi connectivity index (χ3n) is 24.4. The number of rotatable bonds is 13. The summed E-state index contributed by atoms with van der Waals surface area (Å²) in [5.41, 5.74) is 23.2. The molecule has 16 aromatic rings. The summed E-state index contributed by atoms with van der Waals surface area (Å²) >= 11 is 0. The predicted molar refractivity (Wildman–Crippen MR) is 429 cm³/mol. The van der Waals surface area contributed by atoms with Gasteiger partial charge in [-0.1, -0.05) is 291 Å². The molecule has 0 saturated heterocycles. The molecule has 0 spiro atoms. The molecule has 4 heterocycles. The lowest BCUT2D eigenvalue weighted by atomic mass is 9.88. The van der Waals surface area contributed by atoms with Crippen LogP contribution in [0.3, 0.4) is 0 Å². The lowest BCUT2D eigenvalue weighted by molar-refractivity contribution is -0.959. The Morgan fingerprint density at radius 1 is 0.186 bits per heavy atom. The maximum atomic E-state index is 2.80. The summed E-state index contributed by atoms with van der Waals surface area (Å²) in [6.45, 7) is 14.2. The van der Waals surface area contributed by atoms with Crippen LogP contribution in [0.4, 0.5) is 0 Å². The number of fused-ring (bicyclic) bond motifs is 28. The molecule has 0 bridgehead atoms. The summed E-state index contributed by atoms with van der Waals surface area (Å²) in [6.07, 6.45) is 4.50. The molecule has 0 amide bonds. The van der Waals surface area contributed by atoms with E-state index in [2.05, 4.69) is 301 Å². The first-order valence-electron chi connectivity index (χ1n) is 37.7. The molecule has 4 aliphatic rings. The van der Waals surface area contributed by atoms with E-state index < -0.39 is 0 Å². The van der Waals surface area contributed by atoms with Crippen LogP contribution in [0.2, 0.25) is 0 Å². The van der Waals surface area contributed by atoms with Crippen LogP contribution in [-0.2, 0) is 52.4 Å². The van der Waals surface area contributed by atoms with Crippen molar-refractivity contribution < 1.29 is 8.97 Å². The van der Waals surface area contributed by atoms with Crippen molar-refractivity contribution in [2.45, 2.75) is 78.0 Å². The van der Waals surface area contributed by atoms with E-state index in [-0.39, 0.29) is 0 Å². The van der Waals surface area contributed by atoms with Gasteiger partial charge in [0.25, 0.3) is 0 Å². The number of nitrogens with zero attached hydrogens (tertiary/aromatic N) is 4. The fraction of sp³-hybridized carbons (Fsp3) is 0.184. The van der Waals surface area contributed by atoms with Crippen molar-refractivity contribution in [1.29, 1.82) is 0 Å². The van der Waals surface area contributed by atoms with Gasteiger partial charge in [0.05, 0.1) is 26.2 Å². The van der Waals surface area contributed by atoms with Gasteiger partial charge in [0.1, 0.15) is 26.2 Å². The van der Waals surface area contributed by atoms with Crippen LogP contribution in [-0.4, -0.2) is 58.0 Å². The van der Waals surface area contributed by atoms with E-state index in [1.807, 2.05) is 0 Å². The maximum Gasteiger partial charge on any atom is 0.105 e. The van der Waals surface area contributed by atoms with Gasteiger partial charge in [-0.2, -0.15) is 0 Å². The Kier molecular flexibility index (Phi) is 15.1. The summed E-state index contributed by atoms with van der Waals surface area (Å²) in [5.74, 6) is 0. The summed E-state index contributed by atoms with van der Waals surface area (Å²) in [5, 5.41) is 21.5. The van der Waals surface area contributed by atoms with Gasteiger partial charge in [-0.25, -0.2) is 0 Å². The SMILES string of the molecule is c1ccc2c3c(ccc2c1)CN(CCC[N+]1(CCCC[N+]2(CCCN4Cc5ccc6ccccc6c5-c5c(ccc6ccccc56)C4)Cc4ccc5ccccc5c4-c4c(ccc5ccccc45)C2)Cc2ccc4ccccc4c2-c2c(ccc4ccccc24)C1)Cc1ccc2ccccc2c1-3. The van der Waals surface area contributed by atoms with Crippen LogP contribution in [0.15, 0.2) is 291 Å². The monoisotopic (exact) mass is 1320 g/mol. The van der Waals surface area contributed by atoms with Crippen molar-refractivity contribution >= 4 is 86.2 Å². The number of hydrogen-bond acceptors (Lipinski definition) is 2. The van der Waals surface area contributed by atoms with Crippen LogP contribution < -0.4 is 0 Å². The number of unbranched alkanes of at least 4 members (excludes halogenated alkanes) is 1. The van der Waals surface area contributed by atoms with E-state index in [1.54, 1.807) is 0 Å². The smallest absolute Gasteiger partial charge is 0.105 e. The number of benzene rings is 16. The standard InChI is InChI=1S/C98H84N4/c1-9-29-83-67(21-1)37-45-75-59-99(60-76-46-38-68-22-2-10-30-84(68)92(76)91(75)83)53-19-57-101(63-79-49-41-71-25-5-13-33-87(71)95(79)96-80(64-101)50-42-72-26-6-14-34-88(72)96)55-17-18-56-102(65-81-51-43-73-27-7-15-35-89(73)97(81)98-82(66-102)52-44-74-28-8-16-36-90(74)98)58-20-54-100-61-77-47-39-69-23-3-11-31-85(69)93(77)94-78(62-100)48-40-70-24-4-12-32-86(70)94/h1-16,21-52H,17-20,53-66H2/q+2. The maximum absolute atomic E-state index is 2.80. The van der Waals surface area contributed by atoms with E-state index in [1.165, 1.54) is 175 Å². The molecule has 4 aliphatic heterocycles. The van der Waals surface area contributed by atoms with Crippen molar-refractivity contribution in [3.8, 4) is 44.5 Å². The average Bonchev–Trinajstić information content (AvgIpc) is 1.35. The molecule has 0 atom stereocenters. The Balaban J connectivity index is 0.669. The van der Waals surface area contributed by atoms with Gasteiger partial charge in [-0.3, -0.25) is 9.80 Å². The molecular formula is C98H84N4+2. The van der Waals surface area contributed by atoms with Gasteiger partial charge >= 0.3 is 0 Å². The Morgan fingerprint density at radius 3 is 0.578 bits per heavy atom. The molecule has 0 aromatic heterocycles. The molecular weight excluding hydrogens is 1230 g/mol. The molecule has 0 unspecified atom stereocenters. The minimum absolute atomic E-state index is 0.928. The van der Waals surface area contributed by atoms with Crippen molar-refractivity contribution in [2.75, 3.05) is 39.3 Å². The first-order chi connectivity index (χ1) is 50.4. The van der Waals surface area contributed by atoms with Crippen LogP contribution in [0.5, 0.6) is 0 Å². The second kappa shape index (κ2) is 25.2. The highest BCUT2D eigenvalue weighted by atomic mass is 15.4. The third kappa shape index (κ3) is 10.6. The van der Waals surface area contributed by atoms with Crippen LogP contribution >= 0.6 is 0 Å². The van der Waals surface area contributed by atoms with Crippen molar-refractivity contribution in [3.05, 3.63) is 336 Å². The van der Waals surface area contributed by atoms with E-state index in [0.717, 1.165) is 126 Å². The second-order valence-corrected chi connectivity index (χ2v) is 30.6. The Labute approximate surface area is 598 Å². The average molecular weight is 1320 g/mol. The van der Waals surface area contributed by atoms with E-state index in [9.17, 15) is 0 Å². The summed E-state index contributed by atoms with van der Waals surface area (Å²) in [7, 11) is 0. The highest BCUT2D eigenvalue weighted by molar-refractivity contribution is 6.12. The predicted octanol–water partition coefficient (Wildman–Crippen LogP) is 23.5. The third-order valence-corrected chi connectivity index (χ3v) is 24.4. The fourth-order valence-corrected chi connectivity index (χ4v) is 19.9. The van der Waals surface area contributed by atoms with E-state index in [0.29, 0.717) is 0 Å². The Hall–Kier alpha value is -10.6. The first kappa shape index (κ1) is 61.3. The summed E-state index contributed by atoms with van der Waals surface area (Å²) < 4.78 is 2.05. The second-order valence-electron chi connectivity index (χ2n) is 30.6. The quantitative estimate of drug-likeness (QED) is 0.0838. The van der Waals surface area contributed by atoms with E-state index in [4.69, 9.17) is 0 Å². The van der Waals surface area contributed by atoms with Gasteiger partial charge in [-0.15, -0.1) is 0 Å². The zero-order chi connectivity index (χ0) is 67.3. The Bertz CT molecular complexity index is 5320. The zero-order valence-electron chi connectivity index (χ0n) is 58.2. The first-order valence-corrected chi connectivity index (χ1v) is 37.7. The van der Waals surface area contributed by atoms with E-state index >= 15 is 0 Å². The van der Waals surface area contributed by atoms with Crippen molar-refractivity contribution in [3.63, 3.8) is 0 Å². The molecule has 0 radical (unpaired) electrons. The minimum atomic E-state index is 0.928. The number of quaternary nitrogens is 2. The molecule has 4 heteroatoms. The van der Waals surface area contributed by atoms with Crippen LogP contribution in [0.1, 0.15) is 70.2 Å². The molecule has 494 valence electrons. The highest BCUT2D eigenvalue weighted by Gasteiger charge is 2.39. The van der Waals surface area contributed by atoms with Crippen LogP contribution in [0.25, 0.3) is 131 Å². The molecule has 0 aliphatic carbocycles. The Morgan fingerprint density at radius 2 is 0.363 bits per heavy atom. The molecule has 0 N–H and O–H groups in total. The number of hydrogen-bond donors (Lipinski definition) is 0. The molecule has 20 rings (SSSR count). The fourth-order valence-electron chi connectivity index (χ4n) is 19.9. The van der Waals surface area contributed by atoms with Gasteiger partial charge in [0.2, 0.25) is 0 Å². The topological polar surface area (TPSA) is 6.48 Å². The van der Waals surface area contributed by atoms with Gasteiger partial charge in [0, 0.05) is 87.2 Å². The van der Waals surface area contributed by atoms with Crippen LogP contribution in [0, 0.1) is 0 Å². The summed E-state index contributed by atoms with van der Waals surface area (Å²) in [6, 6.07) is 112. The minimum Gasteiger partial charge on any atom is -0.316 e. The lowest BCUT2D eigenvalue weighted by Crippen LogP contribution is -2.50. The van der Waals surface area contributed by atoms with Gasteiger partial charge in [-0.05, 0) is 153 Å².